The van der Waals surface area contributed by atoms with Crippen molar-refractivity contribution >= 4 is 6.09 Å². The van der Waals surface area contributed by atoms with Gasteiger partial charge in [0.05, 0.1) is 5.69 Å². The number of amides is 1. The average Bonchev–Trinajstić information content (AvgIpc) is 3.07. The molecule has 5 heteroatoms. The number of nitrogens with zero attached hydrogens (tertiary/aromatic N) is 2. The minimum absolute atomic E-state index is 0.0391. The van der Waals surface area contributed by atoms with Crippen molar-refractivity contribution in [2.75, 3.05) is 13.1 Å². The molecule has 0 bridgehead atoms. The third-order valence-electron chi connectivity index (χ3n) is 4.26. The minimum Gasteiger partial charge on any atom is -0.465 e. The summed E-state index contributed by atoms with van der Waals surface area (Å²) in [6.07, 6.45) is 3.22. The van der Waals surface area contributed by atoms with Crippen LogP contribution in [0.1, 0.15) is 50.0 Å². The van der Waals surface area contributed by atoms with Crippen molar-refractivity contribution in [3.8, 4) is 0 Å². The Morgan fingerprint density at radius 1 is 1.50 bits per heavy atom. The van der Waals surface area contributed by atoms with E-state index in [2.05, 4.69) is 18.1 Å². The van der Waals surface area contributed by atoms with Gasteiger partial charge in [0.25, 0.3) is 0 Å². The van der Waals surface area contributed by atoms with Crippen molar-refractivity contribution in [3.63, 3.8) is 0 Å². The third kappa shape index (κ3) is 1.98. The number of hydrogen-bond donors (Lipinski definition) is 1. The first kappa shape index (κ1) is 11.6. The molecule has 2 fully saturated rings. The van der Waals surface area contributed by atoms with Gasteiger partial charge in [-0.3, -0.25) is 0 Å². The van der Waals surface area contributed by atoms with Crippen LogP contribution in [0.15, 0.2) is 10.6 Å². The van der Waals surface area contributed by atoms with Crippen molar-refractivity contribution in [1.29, 1.82) is 0 Å². The fourth-order valence-corrected chi connectivity index (χ4v) is 2.58. The molecule has 0 radical (unpaired) electrons. The van der Waals surface area contributed by atoms with Crippen molar-refractivity contribution < 1.29 is 14.4 Å². The number of likely N-dealkylation sites (tertiary alicyclic amines) is 1. The van der Waals surface area contributed by atoms with Gasteiger partial charge in [-0.1, -0.05) is 12.1 Å². The smallest absolute Gasteiger partial charge is 0.407 e. The van der Waals surface area contributed by atoms with Gasteiger partial charge in [-0.2, -0.15) is 0 Å². The number of carbonyl (C=O) groups is 1. The van der Waals surface area contributed by atoms with Gasteiger partial charge >= 0.3 is 6.09 Å². The molecule has 0 atom stereocenters. The molecule has 1 aliphatic heterocycles. The van der Waals surface area contributed by atoms with Gasteiger partial charge < -0.3 is 14.5 Å². The molecule has 1 aromatic rings. The van der Waals surface area contributed by atoms with Gasteiger partial charge in [-0.25, -0.2) is 4.79 Å². The Kier molecular flexibility index (Phi) is 2.57. The molecule has 0 spiro atoms. The molecule has 2 aliphatic rings. The lowest BCUT2D eigenvalue weighted by molar-refractivity contribution is 0.118. The summed E-state index contributed by atoms with van der Waals surface area (Å²) in [6.45, 7) is 3.32. The lowest BCUT2D eigenvalue weighted by Crippen LogP contribution is -2.43. The fraction of sp³-hybridized carbons (Fsp3) is 0.692. The minimum atomic E-state index is -0.823. The number of carboxylic acid groups (broad SMARTS) is 1. The first-order valence-electron chi connectivity index (χ1n) is 6.53. The molecular weight excluding hydrogens is 232 g/mol. The van der Waals surface area contributed by atoms with Crippen molar-refractivity contribution in [2.24, 2.45) is 0 Å². The van der Waals surface area contributed by atoms with Crippen LogP contribution in [-0.2, 0) is 5.41 Å². The molecule has 1 amide bonds. The second kappa shape index (κ2) is 4.00. The Bertz CT molecular complexity index is 457. The lowest BCUT2D eigenvalue weighted by Gasteiger charge is -2.36. The van der Waals surface area contributed by atoms with E-state index >= 15 is 0 Å². The zero-order chi connectivity index (χ0) is 12.8. The SMILES string of the molecule is CC1(c2cc(C3CC3)on2)CCN(C(=O)O)CC1. The number of piperidine rings is 1. The summed E-state index contributed by atoms with van der Waals surface area (Å²) in [7, 11) is 0. The normalized spacial score (nSPS) is 23.1. The van der Waals surface area contributed by atoms with Crippen LogP contribution in [0.2, 0.25) is 0 Å². The van der Waals surface area contributed by atoms with E-state index in [9.17, 15) is 4.79 Å². The van der Waals surface area contributed by atoms with E-state index in [1.807, 2.05) is 0 Å². The summed E-state index contributed by atoms with van der Waals surface area (Å²) in [4.78, 5) is 12.4. The highest BCUT2D eigenvalue weighted by Gasteiger charge is 2.37. The van der Waals surface area contributed by atoms with Crippen LogP contribution in [0.25, 0.3) is 0 Å². The quantitative estimate of drug-likeness (QED) is 0.876. The molecule has 1 N–H and O–H groups in total. The molecule has 98 valence electrons. The first-order chi connectivity index (χ1) is 8.58. The predicted molar refractivity (Wildman–Crippen MR) is 64.7 cm³/mol. The van der Waals surface area contributed by atoms with Gasteiger partial charge in [-0.05, 0) is 25.7 Å². The largest absolute Gasteiger partial charge is 0.465 e. The lowest BCUT2D eigenvalue weighted by atomic mass is 9.77. The second-order valence-corrected chi connectivity index (χ2v) is 5.72. The summed E-state index contributed by atoms with van der Waals surface area (Å²) in [6, 6.07) is 2.08. The van der Waals surface area contributed by atoms with Crippen LogP contribution < -0.4 is 0 Å². The Balaban J connectivity index is 1.72. The maximum absolute atomic E-state index is 10.9. The van der Waals surface area contributed by atoms with Crippen LogP contribution in [0.3, 0.4) is 0 Å². The number of hydrogen-bond acceptors (Lipinski definition) is 3. The molecule has 1 aromatic heterocycles. The monoisotopic (exact) mass is 250 g/mol. The van der Waals surface area contributed by atoms with Gasteiger partial charge in [-0.15, -0.1) is 0 Å². The van der Waals surface area contributed by atoms with E-state index < -0.39 is 6.09 Å². The van der Waals surface area contributed by atoms with E-state index in [1.54, 1.807) is 0 Å². The highest BCUT2D eigenvalue weighted by molar-refractivity contribution is 5.65. The van der Waals surface area contributed by atoms with Crippen LogP contribution in [0.5, 0.6) is 0 Å². The summed E-state index contributed by atoms with van der Waals surface area (Å²) in [5.74, 6) is 1.58. The molecule has 0 aromatic carbocycles. The molecule has 1 saturated carbocycles. The summed E-state index contributed by atoms with van der Waals surface area (Å²) in [5.41, 5.74) is 0.956. The van der Waals surface area contributed by atoms with Crippen LogP contribution in [0.4, 0.5) is 4.79 Å². The van der Waals surface area contributed by atoms with E-state index in [0.29, 0.717) is 19.0 Å². The van der Waals surface area contributed by atoms with Gasteiger partial charge in [0.1, 0.15) is 5.76 Å². The number of rotatable bonds is 2. The standard InChI is InChI=1S/C13H18N2O3/c1-13(4-6-15(7-5-13)12(16)17)11-8-10(18-14-11)9-2-3-9/h8-9H,2-7H2,1H3,(H,16,17). The van der Waals surface area contributed by atoms with Crippen molar-refractivity contribution in [3.05, 3.63) is 17.5 Å². The highest BCUT2D eigenvalue weighted by atomic mass is 16.5. The van der Waals surface area contributed by atoms with Crippen LogP contribution in [-0.4, -0.2) is 34.3 Å². The summed E-state index contributed by atoms with van der Waals surface area (Å²) < 4.78 is 5.40. The first-order valence-corrected chi connectivity index (χ1v) is 6.53. The average molecular weight is 250 g/mol. The van der Waals surface area contributed by atoms with Crippen LogP contribution in [0, 0.1) is 0 Å². The van der Waals surface area contributed by atoms with E-state index in [0.717, 1.165) is 24.3 Å². The Morgan fingerprint density at radius 3 is 2.72 bits per heavy atom. The van der Waals surface area contributed by atoms with Gasteiger partial charge in [0.15, 0.2) is 0 Å². The topological polar surface area (TPSA) is 66.6 Å². The van der Waals surface area contributed by atoms with Crippen molar-refractivity contribution in [2.45, 2.75) is 43.9 Å². The molecular formula is C13H18N2O3. The Morgan fingerprint density at radius 2 is 2.17 bits per heavy atom. The fourth-order valence-electron chi connectivity index (χ4n) is 2.58. The molecule has 1 saturated heterocycles. The predicted octanol–water partition coefficient (Wildman–Crippen LogP) is 2.58. The third-order valence-corrected chi connectivity index (χ3v) is 4.26. The van der Waals surface area contributed by atoms with Crippen LogP contribution >= 0.6 is 0 Å². The Hall–Kier alpha value is -1.52. The number of aromatic nitrogens is 1. The molecule has 3 rings (SSSR count). The Labute approximate surface area is 106 Å². The highest BCUT2D eigenvalue weighted by Crippen LogP contribution is 2.42. The molecule has 5 nitrogen and oxygen atoms in total. The zero-order valence-electron chi connectivity index (χ0n) is 10.6. The molecule has 18 heavy (non-hydrogen) atoms. The van der Waals surface area contributed by atoms with E-state index in [-0.39, 0.29) is 5.41 Å². The summed E-state index contributed by atoms with van der Waals surface area (Å²) in [5, 5.41) is 13.2. The van der Waals surface area contributed by atoms with Crippen molar-refractivity contribution in [1.82, 2.24) is 10.1 Å². The van der Waals surface area contributed by atoms with E-state index in [4.69, 9.17) is 9.63 Å². The van der Waals surface area contributed by atoms with Gasteiger partial charge in [0, 0.05) is 30.5 Å². The maximum Gasteiger partial charge on any atom is 0.407 e. The second-order valence-electron chi connectivity index (χ2n) is 5.72. The summed E-state index contributed by atoms with van der Waals surface area (Å²) >= 11 is 0. The molecule has 0 unspecified atom stereocenters. The molecule has 1 aliphatic carbocycles. The maximum atomic E-state index is 10.9. The zero-order valence-corrected chi connectivity index (χ0v) is 10.6. The van der Waals surface area contributed by atoms with Gasteiger partial charge in [0.2, 0.25) is 0 Å². The van der Waals surface area contributed by atoms with E-state index in [1.165, 1.54) is 17.7 Å². The molecule has 2 heterocycles.